The molecule has 0 saturated carbocycles. The van der Waals surface area contributed by atoms with E-state index < -0.39 is 0 Å². The summed E-state index contributed by atoms with van der Waals surface area (Å²) >= 11 is 0. The first kappa shape index (κ1) is 31.8. The predicted octanol–water partition coefficient (Wildman–Crippen LogP) is 14.4. The summed E-state index contributed by atoms with van der Waals surface area (Å²) in [6.07, 6.45) is 0. The van der Waals surface area contributed by atoms with Gasteiger partial charge in [-0.25, -0.2) is 0 Å². The van der Waals surface area contributed by atoms with E-state index in [1.807, 2.05) is 0 Å². The lowest BCUT2D eigenvalue weighted by atomic mass is 9.78. The molecular formula is C50H44. The smallest absolute Gasteiger partial charge is 0.00200 e. The van der Waals surface area contributed by atoms with Gasteiger partial charge in [-0.2, -0.15) is 0 Å². The van der Waals surface area contributed by atoms with Gasteiger partial charge in [0, 0.05) is 0 Å². The highest BCUT2D eigenvalue weighted by Gasteiger charge is 2.24. The van der Waals surface area contributed by atoms with E-state index >= 15 is 0 Å². The summed E-state index contributed by atoms with van der Waals surface area (Å²) in [6.45, 7) is 13.9. The molecule has 0 aromatic heterocycles. The molecule has 0 bridgehead atoms. The Morgan fingerprint density at radius 1 is 0.300 bits per heavy atom. The maximum Gasteiger partial charge on any atom is -0.00200 e. The average molecular weight is 645 g/mol. The van der Waals surface area contributed by atoms with Crippen molar-refractivity contribution in [1.29, 1.82) is 0 Å². The highest BCUT2D eigenvalue weighted by molar-refractivity contribution is 6.23. The van der Waals surface area contributed by atoms with E-state index in [9.17, 15) is 0 Å². The molecule has 0 spiro atoms. The van der Waals surface area contributed by atoms with E-state index in [-0.39, 0.29) is 10.8 Å². The Kier molecular flexibility index (Phi) is 7.72. The fraction of sp³-hybridized carbons (Fsp3) is 0.160. The molecule has 8 aromatic carbocycles. The van der Waals surface area contributed by atoms with Crippen LogP contribution in [0.1, 0.15) is 52.7 Å². The molecule has 0 unspecified atom stereocenters. The van der Waals surface area contributed by atoms with E-state index in [2.05, 4.69) is 199 Å². The highest BCUT2D eigenvalue weighted by atomic mass is 14.3. The van der Waals surface area contributed by atoms with E-state index in [4.69, 9.17) is 0 Å². The van der Waals surface area contributed by atoms with Crippen LogP contribution in [0, 0.1) is 0 Å². The van der Waals surface area contributed by atoms with Gasteiger partial charge in [0.1, 0.15) is 0 Å². The largest absolute Gasteiger partial charge is 0.0622 e. The zero-order valence-electron chi connectivity index (χ0n) is 30.0. The van der Waals surface area contributed by atoms with Crippen LogP contribution in [0.15, 0.2) is 158 Å². The molecule has 50 heavy (non-hydrogen) atoms. The van der Waals surface area contributed by atoms with E-state index in [1.54, 1.807) is 0 Å². The summed E-state index contributed by atoms with van der Waals surface area (Å²) < 4.78 is 0. The van der Waals surface area contributed by atoms with Crippen molar-refractivity contribution in [2.24, 2.45) is 0 Å². The zero-order valence-corrected chi connectivity index (χ0v) is 30.0. The lowest BCUT2D eigenvalue weighted by molar-refractivity contribution is 0.590. The SMILES string of the molecule is CC(C)(C)c1ccc2c(-c3ccccc3-c3cccc4ccccc34)c3cc(C(C)(C)C)ccc3c(-c3ccc(-c4ccccc4)cc3)c2c1. The molecule has 0 aliphatic rings. The third kappa shape index (κ3) is 5.60. The van der Waals surface area contributed by atoms with Gasteiger partial charge in [-0.1, -0.05) is 187 Å². The lowest BCUT2D eigenvalue weighted by Crippen LogP contribution is -2.11. The molecule has 0 radical (unpaired) electrons. The summed E-state index contributed by atoms with van der Waals surface area (Å²) in [5, 5.41) is 7.69. The zero-order chi connectivity index (χ0) is 34.6. The fourth-order valence-electron chi connectivity index (χ4n) is 7.62. The molecule has 244 valence electrons. The first-order valence-electron chi connectivity index (χ1n) is 17.9. The molecule has 0 N–H and O–H groups in total. The van der Waals surface area contributed by atoms with Crippen LogP contribution in [0.5, 0.6) is 0 Å². The van der Waals surface area contributed by atoms with Crippen LogP contribution in [0.4, 0.5) is 0 Å². The Balaban J connectivity index is 1.50. The standard InChI is InChI=1S/C50H44/c1-49(2,3)37-28-30-44-45(31-37)47(36-25-23-34(24-26-36)33-15-8-7-9-16-33)43-29-27-38(50(4,5)6)32-46(43)48(44)42-21-13-12-20-41(42)40-22-14-18-35-17-10-11-19-39(35)40/h7-32H,1-6H3. The summed E-state index contributed by atoms with van der Waals surface area (Å²) in [7, 11) is 0. The van der Waals surface area contributed by atoms with Crippen LogP contribution in [-0.2, 0) is 10.8 Å². The van der Waals surface area contributed by atoms with Crippen molar-refractivity contribution in [2.75, 3.05) is 0 Å². The molecule has 0 aliphatic carbocycles. The second kappa shape index (κ2) is 12.1. The van der Waals surface area contributed by atoms with Crippen LogP contribution in [0.25, 0.3) is 76.8 Å². The summed E-state index contributed by atoms with van der Waals surface area (Å²) in [4.78, 5) is 0. The monoisotopic (exact) mass is 644 g/mol. The second-order valence-electron chi connectivity index (χ2n) is 15.8. The molecule has 0 amide bonds. The number of rotatable bonds is 4. The van der Waals surface area contributed by atoms with E-state index in [0.717, 1.165) is 0 Å². The number of hydrogen-bond donors (Lipinski definition) is 0. The molecular weight excluding hydrogens is 601 g/mol. The minimum atomic E-state index is 0.00313. The molecule has 8 rings (SSSR count). The van der Waals surface area contributed by atoms with E-state index in [0.29, 0.717) is 0 Å². The van der Waals surface area contributed by atoms with Gasteiger partial charge < -0.3 is 0 Å². The summed E-state index contributed by atoms with van der Waals surface area (Å²) in [6, 6.07) is 58.8. The third-order valence-corrected chi connectivity index (χ3v) is 10.4. The summed E-state index contributed by atoms with van der Waals surface area (Å²) in [5.41, 5.74) is 12.8. The molecule has 0 heterocycles. The number of fused-ring (bicyclic) bond motifs is 3. The molecule has 0 aliphatic heterocycles. The maximum absolute atomic E-state index is 2.48. The minimum Gasteiger partial charge on any atom is -0.0622 e. The molecule has 8 aromatic rings. The molecule has 0 nitrogen and oxygen atoms in total. The van der Waals surface area contributed by atoms with Gasteiger partial charge in [0.25, 0.3) is 0 Å². The number of hydrogen-bond acceptors (Lipinski definition) is 0. The highest BCUT2D eigenvalue weighted by Crippen LogP contribution is 2.48. The quantitative estimate of drug-likeness (QED) is 0.167. The first-order chi connectivity index (χ1) is 24.1. The maximum atomic E-state index is 2.48. The van der Waals surface area contributed by atoms with Crippen molar-refractivity contribution in [3.8, 4) is 44.5 Å². The fourth-order valence-corrected chi connectivity index (χ4v) is 7.62. The molecule has 0 atom stereocenters. The summed E-state index contributed by atoms with van der Waals surface area (Å²) in [5.74, 6) is 0. The van der Waals surface area contributed by atoms with Gasteiger partial charge in [-0.15, -0.1) is 0 Å². The van der Waals surface area contributed by atoms with Crippen LogP contribution in [0.2, 0.25) is 0 Å². The number of benzene rings is 8. The van der Waals surface area contributed by atoms with Crippen molar-refractivity contribution >= 4 is 32.3 Å². The Hall–Kier alpha value is -5.46. The van der Waals surface area contributed by atoms with Crippen molar-refractivity contribution in [3.63, 3.8) is 0 Å². The van der Waals surface area contributed by atoms with Crippen LogP contribution in [0.3, 0.4) is 0 Å². The van der Waals surface area contributed by atoms with Gasteiger partial charge in [-0.3, -0.25) is 0 Å². The van der Waals surface area contributed by atoms with Crippen LogP contribution >= 0.6 is 0 Å². The third-order valence-electron chi connectivity index (χ3n) is 10.4. The lowest BCUT2D eigenvalue weighted by Gasteiger charge is -2.25. The Labute approximate surface area is 297 Å². The molecule has 0 fully saturated rings. The molecule has 0 saturated heterocycles. The minimum absolute atomic E-state index is 0.00313. The van der Waals surface area contributed by atoms with Crippen molar-refractivity contribution in [1.82, 2.24) is 0 Å². The topological polar surface area (TPSA) is 0 Å². The van der Waals surface area contributed by atoms with Crippen molar-refractivity contribution in [2.45, 2.75) is 52.4 Å². The van der Waals surface area contributed by atoms with Crippen LogP contribution < -0.4 is 0 Å². The van der Waals surface area contributed by atoms with Crippen molar-refractivity contribution < 1.29 is 0 Å². The van der Waals surface area contributed by atoms with Gasteiger partial charge in [0.15, 0.2) is 0 Å². The van der Waals surface area contributed by atoms with Gasteiger partial charge >= 0.3 is 0 Å². The van der Waals surface area contributed by atoms with Crippen LogP contribution in [-0.4, -0.2) is 0 Å². The second-order valence-corrected chi connectivity index (χ2v) is 15.8. The molecule has 0 heteroatoms. The van der Waals surface area contributed by atoms with Gasteiger partial charge in [-0.05, 0) is 111 Å². The Bertz CT molecular complexity index is 2510. The normalized spacial score (nSPS) is 12.2. The predicted molar refractivity (Wildman–Crippen MR) is 218 cm³/mol. The Morgan fingerprint density at radius 2 is 0.780 bits per heavy atom. The van der Waals surface area contributed by atoms with Gasteiger partial charge in [0.05, 0.1) is 0 Å². The van der Waals surface area contributed by atoms with E-state index in [1.165, 1.54) is 88.0 Å². The first-order valence-corrected chi connectivity index (χ1v) is 17.9. The average Bonchev–Trinajstić information content (AvgIpc) is 3.13. The Morgan fingerprint density at radius 3 is 1.44 bits per heavy atom. The van der Waals surface area contributed by atoms with Gasteiger partial charge in [0.2, 0.25) is 0 Å². The van der Waals surface area contributed by atoms with Crippen molar-refractivity contribution in [3.05, 3.63) is 169 Å².